The second-order valence-electron chi connectivity index (χ2n) is 3.58. The second kappa shape index (κ2) is 3.98. The average molecular weight is 193 g/mol. The molecule has 0 unspecified atom stereocenters. The summed E-state index contributed by atoms with van der Waals surface area (Å²) >= 11 is 0. The van der Waals surface area contributed by atoms with Crippen molar-refractivity contribution in [3.63, 3.8) is 0 Å². The number of hydrogen-bond acceptors (Lipinski definition) is 3. The van der Waals surface area contributed by atoms with Crippen LogP contribution in [0.1, 0.15) is 23.6 Å². The molecule has 0 saturated heterocycles. The first-order valence-electron chi connectivity index (χ1n) is 4.94. The Labute approximate surface area is 83.5 Å². The summed E-state index contributed by atoms with van der Waals surface area (Å²) < 4.78 is 5.59. The largest absolute Gasteiger partial charge is 0.493 e. The number of para-hydroxylation sites is 1. The molecule has 1 aromatic carbocycles. The summed E-state index contributed by atoms with van der Waals surface area (Å²) in [4.78, 5) is 0. The number of aliphatic hydroxyl groups excluding tert-OH is 1. The number of aliphatic hydroxyl groups is 1. The van der Waals surface area contributed by atoms with E-state index in [0.717, 1.165) is 30.8 Å². The Kier molecular flexibility index (Phi) is 2.70. The van der Waals surface area contributed by atoms with Gasteiger partial charge in [-0.2, -0.15) is 0 Å². The Morgan fingerprint density at radius 1 is 1.50 bits per heavy atom. The molecule has 0 saturated carbocycles. The molecule has 0 fully saturated rings. The lowest BCUT2D eigenvalue weighted by Gasteiger charge is -2.22. The first-order chi connectivity index (χ1) is 6.83. The molecule has 1 heterocycles. The van der Waals surface area contributed by atoms with Gasteiger partial charge in [0.2, 0.25) is 0 Å². The van der Waals surface area contributed by atoms with Crippen molar-refractivity contribution in [1.29, 1.82) is 0 Å². The molecule has 0 amide bonds. The van der Waals surface area contributed by atoms with E-state index < -0.39 is 0 Å². The van der Waals surface area contributed by atoms with Crippen molar-refractivity contribution in [3.8, 4) is 5.75 Å². The van der Waals surface area contributed by atoms with Gasteiger partial charge in [0.05, 0.1) is 19.3 Å². The highest BCUT2D eigenvalue weighted by Gasteiger charge is 2.17. The Morgan fingerprint density at radius 3 is 3.14 bits per heavy atom. The molecule has 1 aliphatic heterocycles. The Hall–Kier alpha value is -1.06. The summed E-state index contributed by atoms with van der Waals surface area (Å²) in [5, 5.41) is 9.01. The molecular weight excluding hydrogens is 178 g/mol. The van der Waals surface area contributed by atoms with E-state index in [1.54, 1.807) is 0 Å². The molecule has 3 heteroatoms. The van der Waals surface area contributed by atoms with Gasteiger partial charge in [-0.3, -0.25) is 0 Å². The van der Waals surface area contributed by atoms with Crippen LogP contribution in [-0.4, -0.2) is 18.3 Å². The predicted octanol–water partition coefficient (Wildman–Crippen LogP) is 1.00. The van der Waals surface area contributed by atoms with Gasteiger partial charge in [-0.05, 0) is 18.4 Å². The second-order valence-corrected chi connectivity index (χ2v) is 3.58. The fourth-order valence-electron chi connectivity index (χ4n) is 1.80. The number of aryl methyl sites for hydroxylation is 1. The zero-order valence-electron chi connectivity index (χ0n) is 8.07. The normalized spacial score (nSPS) is 17.0. The molecule has 76 valence electrons. The van der Waals surface area contributed by atoms with Crippen LogP contribution in [-0.2, 0) is 6.42 Å². The molecule has 0 spiro atoms. The van der Waals surface area contributed by atoms with E-state index in [4.69, 9.17) is 15.6 Å². The first-order valence-corrected chi connectivity index (χ1v) is 4.94. The Morgan fingerprint density at radius 2 is 2.36 bits per heavy atom. The smallest absolute Gasteiger partial charge is 0.127 e. The zero-order valence-corrected chi connectivity index (χ0v) is 8.07. The van der Waals surface area contributed by atoms with Crippen molar-refractivity contribution in [2.24, 2.45) is 5.73 Å². The quantitative estimate of drug-likeness (QED) is 0.736. The standard InChI is InChI=1S/C11H15NO2/c12-10(7-13)9-5-1-3-8-4-2-6-14-11(8)9/h1,3,5,10,13H,2,4,6-7,12H2/t10-/m1/s1. The number of benzene rings is 1. The number of nitrogens with two attached hydrogens (primary N) is 1. The first kappa shape index (κ1) is 9.49. The zero-order chi connectivity index (χ0) is 9.97. The summed E-state index contributed by atoms with van der Waals surface area (Å²) in [6, 6.07) is 5.62. The van der Waals surface area contributed by atoms with Crippen LogP contribution in [0.2, 0.25) is 0 Å². The molecule has 1 atom stereocenters. The van der Waals surface area contributed by atoms with Gasteiger partial charge in [0.15, 0.2) is 0 Å². The van der Waals surface area contributed by atoms with Crippen molar-refractivity contribution in [2.45, 2.75) is 18.9 Å². The maximum Gasteiger partial charge on any atom is 0.127 e. The minimum atomic E-state index is -0.331. The Bertz CT molecular complexity index is 325. The third-order valence-electron chi connectivity index (χ3n) is 2.56. The van der Waals surface area contributed by atoms with Crippen LogP contribution in [0.4, 0.5) is 0 Å². The third kappa shape index (κ3) is 1.61. The minimum absolute atomic E-state index is 0.0419. The van der Waals surface area contributed by atoms with Gasteiger partial charge < -0.3 is 15.6 Å². The lowest BCUT2D eigenvalue weighted by molar-refractivity contribution is 0.253. The molecule has 0 aromatic heterocycles. The van der Waals surface area contributed by atoms with Gasteiger partial charge in [0.1, 0.15) is 5.75 Å². The summed E-state index contributed by atoms with van der Waals surface area (Å²) in [5.41, 5.74) is 7.92. The maximum atomic E-state index is 9.01. The van der Waals surface area contributed by atoms with E-state index in [1.807, 2.05) is 12.1 Å². The highest BCUT2D eigenvalue weighted by atomic mass is 16.5. The van der Waals surface area contributed by atoms with Crippen LogP contribution in [0.5, 0.6) is 5.75 Å². The van der Waals surface area contributed by atoms with Gasteiger partial charge in [-0.25, -0.2) is 0 Å². The number of hydrogen-bond donors (Lipinski definition) is 2. The minimum Gasteiger partial charge on any atom is -0.493 e. The lowest BCUT2D eigenvalue weighted by atomic mass is 9.99. The Balaban J connectivity index is 2.39. The van der Waals surface area contributed by atoms with E-state index >= 15 is 0 Å². The molecule has 0 aliphatic carbocycles. The topological polar surface area (TPSA) is 55.5 Å². The van der Waals surface area contributed by atoms with E-state index in [2.05, 4.69) is 6.07 Å². The monoisotopic (exact) mass is 193 g/mol. The molecule has 3 N–H and O–H groups in total. The molecule has 14 heavy (non-hydrogen) atoms. The van der Waals surface area contributed by atoms with Crippen molar-refractivity contribution in [2.75, 3.05) is 13.2 Å². The molecule has 1 aromatic rings. The van der Waals surface area contributed by atoms with Crippen LogP contribution < -0.4 is 10.5 Å². The van der Waals surface area contributed by atoms with Crippen molar-refractivity contribution < 1.29 is 9.84 Å². The molecule has 0 bridgehead atoms. The lowest BCUT2D eigenvalue weighted by Crippen LogP contribution is -2.18. The number of ether oxygens (including phenoxy) is 1. The highest BCUT2D eigenvalue weighted by molar-refractivity contribution is 5.44. The average Bonchev–Trinajstić information content (AvgIpc) is 2.27. The van der Waals surface area contributed by atoms with E-state index in [0.29, 0.717) is 0 Å². The van der Waals surface area contributed by atoms with Crippen LogP contribution in [0, 0.1) is 0 Å². The highest BCUT2D eigenvalue weighted by Crippen LogP contribution is 2.31. The summed E-state index contributed by atoms with van der Waals surface area (Å²) in [7, 11) is 0. The van der Waals surface area contributed by atoms with Crippen molar-refractivity contribution >= 4 is 0 Å². The van der Waals surface area contributed by atoms with Gasteiger partial charge >= 0.3 is 0 Å². The number of fused-ring (bicyclic) bond motifs is 1. The van der Waals surface area contributed by atoms with Gasteiger partial charge in [0, 0.05) is 5.56 Å². The van der Waals surface area contributed by atoms with E-state index in [9.17, 15) is 0 Å². The maximum absolute atomic E-state index is 9.01. The van der Waals surface area contributed by atoms with Gasteiger partial charge in [-0.1, -0.05) is 18.2 Å². The van der Waals surface area contributed by atoms with Crippen LogP contribution >= 0.6 is 0 Å². The van der Waals surface area contributed by atoms with Crippen molar-refractivity contribution in [1.82, 2.24) is 0 Å². The molecule has 3 nitrogen and oxygen atoms in total. The van der Waals surface area contributed by atoms with Gasteiger partial charge in [0.25, 0.3) is 0 Å². The molecule has 1 aliphatic rings. The SMILES string of the molecule is N[C@H](CO)c1cccc2c1OCCC2. The molecule has 2 rings (SSSR count). The molecule has 0 radical (unpaired) electrons. The van der Waals surface area contributed by atoms with Crippen LogP contribution in [0.3, 0.4) is 0 Å². The predicted molar refractivity (Wildman–Crippen MR) is 54.3 cm³/mol. The summed E-state index contributed by atoms with van der Waals surface area (Å²) in [5.74, 6) is 0.889. The van der Waals surface area contributed by atoms with Crippen LogP contribution in [0.15, 0.2) is 18.2 Å². The van der Waals surface area contributed by atoms with Crippen LogP contribution in [0.25, 0.3) is 0 Å². The summed E-state index contributed by atoms with van der Waals surface area (Å²) in [6.45, 7) is 0.710. The fraction of sp³-hybridized carbons (Fsp3) is 0.455. The summed E-state index contributed by atoms with van der Waals surface area (Å²) in [6.07, 6.45) is 2.10. The number of rotatable bonds is 2. The van der Waals surface area contributed by atoms with Gasteiger partial charge in [-0.15, -0.1) is 0 Å². The van der Waals surface area contributed by atoms with Crippen molar-refractivity contribution in [3.05, 3.63) is 29.3 Å². The van der Waals surface area contributed by atoms with E-state index in [-0.39, 0.29) is 12.6 Å². The fourth-order valence-corrected chi connectivity index (χ4v) is 1.80. The van der Waals surface area contributed by atoms with E-state index in [1.165, 1.54) is 5.56 Å². The third-order valence-corrected chi connectivity index (χ3v) is 2.56. The molecular formula is C11H15NO2.